The third-order valence-corrected chi connectivity index (χ3v) is 7.20. The maximum atomic E-state index is 13.4. The highest BCUT2D eigenvalue weighted by molar-refractivity contribution is 9.10. The SMILES string of the molecule is COCCOCCOCCOCC(=O)OCCOC(=O)N(c1ccc(C(=O)c2ccccc2C)c(Cl)c1)c1ccc(Br)cc1C. The Labute approximate surface area is 276 Å². The number of methoxy groups -OCH3 is 1. The first-order valence-electron chi connectivity index (χ1n) is 14.2. The van der Waals surface area contributed by atoms with Crippen molar-refractivity contribution in [2.24, 2.45) is 0 Å². The number of nitrogens with zero attached hydrogens (tertiary/aromatic N) is 1. The Balaban J connectivity index is 1.55. The third-order valence-electron chi connectivity index (χ3n) is 6.40. The lowest BCUT2D eigenvalue weighted by molar-refractivity contribution is -0.150. The first-order chi connectivity index (χ1) is 21.7. The summed E-state index contributed by atoms with van der Waals surface area (Å²) < 4.78 is 32.2. The molecule has 0 fully saturated rings. The van der Waals surface area contributed by atoms with Gasteiger partial charge < -0.3 is 28.4 Å². The van der Waals surface area contributed by atoms with E-state index < -0.39 is 12.1 Å². The van der Waals surface area contributed by atoms with Crippen molar-refractivity contribution in [3.63, 3.8) is 0 Å². The number of aryl methyl sites for hydroxylation is 2. The lowest BCUT2D eigenvalue weighted by Gasteiger charge is -2.25. The maximum absolute atomic E-state index is 13.4. The lowest BCUT2D eigenvalue weighted by atomic mass is 9.99. The summed E-state index contributed by atoms with van der Waals surface area (Å²) in [6.07, 6.45) is -0.717. The molecule has 0 unspecified atom stereocenters. The van der Waals surface area contributed by atoms with Crippen molar-refractivity contribution in [3.05, 3.63) is 92.4 Å². The van der Waals surface area contributed by atoms with Crippen LogP contribution < -0.4 is 4.90 Å². The molecule has 0 bridgehead atoms. The summed E-state index contributed by atoms with van der Waals surface area (Å²) in [5, 5.41) is 0.183. The number of carbonyl (C=O) groups is 3. The van der Waals surface area contributed by atoms with Crippen LogP contribution in [0, 0.1) is 13.8 Å². The molecule has 0 aromatic heterocycles. The van der Waals surface area contributed by atoms with E-state index in [1.807, 2.05) is 32.0 Å². The van der Waals surface area contributed by atoms with E-state index in [-0.39, 0.29) is 37.2 Å². The molecular weight excluding hydrogens is 670 g/mol. The summed E-state index contributed by atoms with van der Waals surface area (Å²) in [7, 11) is 1.60. The number of ketones is 1. The highest BCUT2D eigenvalue weighted by Gasteiger charge is 2.24. The van der Waals surface area contributed by atoms with Crippen LogP contribution in [0.3, 0.4) is 0 Å². The van der Waals surface area contributed by atoms with Gasteiger partial charge in [-0.2, -0.15) is 0 Å². The number of benzene rings is 3. The number of carbonyl (C=O) groups excluding carboxylic acids is 3. The Morgan fingerprint density at radius 2 is 1.40 bits per heavy atom. The summed E-state index contributed by atoms with van der Waals surface area (Å²) in [5.41, 5.74) is 3.40. The fourth-order valence-corrected chi connectivity index (χ4v) is 4.88. The molecule has 0 saturated carbocycles. The molecule has 0 aliphatic heterocycles. The van der Waals surface area contributed by atoms with E-state index >= 15 is 0 Å². The fraction of sp³-hybridized carbons (Fsp3) is 0.364. The van der Waals surface area contributed by atoms with E-state index in [1.54, 1.807) is 49.6 Å². The number of hydrogen-bond acceptors (Lipinski definition) is 9. The monoisotopic (exact) mass is 705 g/mol. The Kier molecular flexibility index (Phi) is 15.5. The minimum atomic E-state index is -0.717. The van der Waals surface area contributed by atoms with Crippen LogP contribution in [0.5, 0.6) is 0 Å². The number of amides is 1. The smallest absolute Gasteiger partial charge is 0.419 e. The molecule has 0 saturated heterocycles. The highest BCUT2D eigenvalue weighted by Crippen LogP contribution is 2.34. The van der Waals surface area contributed by atoms with Gasteiger partial charge in [-0.15, -0.1) is 0 Å². The van der Waals surface area contributed by atoms with Crippen LogP contribution in [0.15, 0.2) is 65.1 Å². The number of esters is 1. The number of ether oxygens (including phenoxy) is 6. The molecular formula is C33H37BrClNO9. The molecule has 10 nitrogen and oxygen atoms in total. The summed E-state index contributed by atoms with van der Waals surface area (Å²) in [5.74, 6) is -0.824. The average molecular weight is 707 g/mol. The predicted molar refractivity (Wildman–Crippen MR) is 174 cm³/mol. The molecule has 0 N–H and O–H groups in total. The van der Waals surface area contributed by atoms with Crippen LogP contribution in [0.2, 0.25) is 5.02 Å². The molecule has 3 aromatic carbocycles. The quantitative estimate of drug-likeness (QED) is 0.0836. The van der Waals surface area contributed by atoms with Crippen molar-refractivity contribution < 1.29 is 42.8 Å². The second-order valence-corrected chi connectivity index (χ2v) is 11.0. The Bertz CT molecular complexity index is 1440. The van der Waals surface area contributed by atoms with Crippen LogP contribution in [-0.2, 0) is 33.2 Å². The van der Waals surface area contributed by atoms with Gasteiger partial charge in [0.05, 0.1) is 56.0 Å². The van der Waals surface area contributed by atoms with E-state index in [1.165, 1.54) is 4.90 Å². The summed E-state index contributed by atoms with van der Waals surface area (Å²) in [6.45, 7) is 5.45. The van der Waals surface area contributed by atoms with Gasteiger partial charge in [-0.1, -0.05) is 51.8 Å². The number of hydrogen-bond donors (Lipinski definition) is 0. The van der Waals surface area contributed by atoms with Crippen molar-refractivity contribution in [1.82, 2.24) is 0 Å². The standard InChI is InChI=1S/C33H37BrClNO9/c1-23-6-4-5-7-27(23)32(38)28-10-9-26(21-29(28)35)36(30-11-8-25(34)20-24(30)2)33(39)45-19-18-44-31(37)22-43-17-16-42-15-14-41-13-12-40-3/h4-11,20-21H,12-19,22H2,1-3H3. The molecule has 3 aromatic rings. The van der Waals surface area contributed by atoms with Crippen molar-refractivity contribution in [1.29, 1.82) is 0 Å². The van der Waals surface area contributed by atoms with Gasteiger partial charge in [0.15, 0.2) is 5.78 Å². The molecule has 0 aliphatic rings. The van der Waals surface area contributed by atoms with E-state index in [9.17, 15) is 14.4 Å². The summed E-state index contributed by atoms with van der Waals surface area (Å²) >= 11 is 10.0. The van der Waals surface area contributed by atoms with Crippen LogP contribution in [-0.4, -0.2) is 84.4 Å². The maximum Gasteiger partial charge on any atom is 0.419 e. The first kappa shape index (κ1) is 36.2. The van der Waals surface area contributed by atoms with Crippen molar-refractivity contribution in [3.8, 4) is 0 Å². The largest absolute Gasteiger partial charge is 0.460 e. The average Bonchev–Trinajstić information content (AvgIpc) is 3.01. The zero-order valence-corrected chi connectivity index (χ0v) is 27.9. The molecule has 0 spiro atoms. The van der Waals surface area contributed by atoms with Gasteiger partial charge in [0.1, 0.15) is 19.8 Å². The second-order valence-electron chi connectivity index (χ2n) is 9.68. The van der Waals surface area contributed by atoms with Gasteiger partial charge in [-0.3, -0.25) is 4.79 Å². The van der Waals surface area contributed by atoms with Gasteiger partial charge in [0.2, 0.25) is 0 Å². The summed E-state index contributed by atoms with van der Waals surface area (Å²) in [4.78, 5) is 39.9. The number of halogens is 2. The highest BCUT2D eigenvalue weighted by atomic mass is 79.9. The normalized spacial score (nSPS) is 10.9. The molecule has 0 atom stereocenters. The molecule has 12 heteroatoms. The van der Waals surface area contributed by atoms with Crippen LogP contribution >= 0.6 is 27.5 Å². The number of rotatable bonds is 18. The van der Waals surface area contributed by atoms with E-state index in [0.29, 0.717) is 55.5 Å². The molecule has 0 heterocycles. The van der Waals surface area contributed by atoms with Crippen molar-refractivity contribution in [2.75, 3.05) is 71.5 Å². The zero-order chi connectivity index (χ0) is 32.6. The summed E-state index contributed by atoms with van der Waals surface area (Å²) in [6, 6.07) is 17.4. The molecule has 242 valence electrons. The Morgan fingerprint density at radius 3 is 2.07 bits per heavy atom. The van der Waals surface area contributed by atoms with Crippen molar-refractivity contribution >= 4 is 56.8 Å². The van der Waals surface area contributed by atoms with Crippen LogP contribution in [0.4, 0.5) is 16.2 Å². The van der Waals surface area contributed by atoms with E-state index in [4.69, 9.17) is 40.0 Å². The van der Waals surface area contributed by atoms with Crippen LogP contribution in [0.25, 0.3) is 0 Å². The molecule has 0 radical (unpaired) electrons. The minimum Gasteiger partial charge on any atom is -0.460 e. The minimum absolute atomic E-state index is 0.166. The van der Waals surface area contributed by atoms with E-state index in [0.717, 1.165) is 15.6 Å². The third kappa shape index (κ3) is 11.5. The predicted octanol–water partition coefficient (Wildman–Crippen LogP) is 6.46. The second kappa shape index (κ2) is 19.3. The lowest BCUT2D eigenvalue weighted by Crippen LogP contribution is -2.29. The zero-order valence-electron chi connectivity index (χ0n) is 25.5. The van der Waals surface area contributed by atoms with Gasteiger partial charge >= 0.3 is 12.1 Å². The first-order valence-corrected chi connectivity index (χ1v) is 15.4. The Morgan fingerprint density at radius 1 is 0.733 bits per heavy atom. The van der Waals surface area contributed by atoms with Gasteiger partial charge in [-0.05, 0) is 61.4 Å². The fourth-order valence-electron chi connectivity index (χ4n) is 4.14. The van der Waals surface area contributed by atoms with Gasteiger partial charge in [-0.25, -0.2) is 14.5 Å². The molecule has 3 rings (SSSR count). The number of anilines is 2. The van der Waals surface area contributed by atoms with Crippen molar-refractivity contribution in [2.45, 2.75) is 13.8 Å². The topological polar surface area (TPSA) is 110 Å². The van der Waals surface area contributed by atoms with E-state index in [2.05, 4.69) is 15.9 Å². The Hall–Kier alpha value is -3.32. The van der Waals surface area contributed by atoms with Gasteiger partial charge in [0.25, 0.3) is 0 Å². The van der Waals surface area contributed by atoms with Crippen LogP contribution in [0.1, 0.15) is 27.0 Å². The molecule has 1 amide bonds. The molecule has 45 heavy (non-hydrogen) atoms. The molecule has 0 aliphatic carbocycles. The van der Waals surface area contributed by atoms with Gasteiger partial charge in [0, 0.05) is 22.7 Å².